The molecule has 12 heteroatoms. The number of carbonyl (C=O) groups excluding carboxylic acids is 4. The van der Waals surface area contributed by atoms with Gasteiger partial charge in [0.25, 0.3) is 11.9 Å². The SMILES string of the molecule is CC(C)C[C@H](NC(=O)[C@@H](NC(=O)c1cccc(-c2ccccc2)n1)[C@@H](C)O)B1OC(=O)CC(C(=O)NC(C)(C)C)O1. The molecule has 3 rings (SSSR count). The molecule has 1 unspecified atom stereocenters. The summed E-state index contributed by atoms with van der Waals surface area (Å²) >= 11 is 0. The molecule has 0 spiro atoms. The van der Waals surface area contributed by atoms with Crippen molar-refractivity contribution in [3.8, 4) is 11.3 Å². The number of rotatable bonds is 10. The molecule has 0 radical (unpaired) electrons. The summed E-state index contributed by atoms with van der Waals surface area (Å²) in [5.74, 6) is -3.27. The number of nitrogens with one attached hydrogen (secondary N) is 3. The molecule has 41 heavy (non-hydrogen) atoms. The second kappa shape index (κ2) is 13.7. The number of aliphatic hydroxyl groups is 1. The van der Waals surface area contributed by atoms with Gasteiger partial charge in [0.2, 0.25) is 11.8 Å². The molecular formula is C29H39BN4O7. The van der Waals surface area contributed by atoms with Crippen molar-refractivity contribution in [3.05, 3.63) is 54.2 Å². The third-order valence-corrected chi connectivity index (χ3v) is 6.17. The van der Waals surface area contributed by atoms with Crippen LogP contribution < -0.4 is 16.0 Å². The van der Waals surface area contributed by atoms with E-state index in [2.05, 4.69) is 20.9 Å². The average Bonchev–Trinajstić information content (AvgIpc) is 2.90. The molecule has 1 aliphatic rings. The van der Waals surface area contributed by atoms with E-state index in [0.717, 1.165) is 5.56 Å². The topological polar surface area (TPSA) is 156 Å². The van der Waals surface area contributed by atoms with Gasteiger partial charge >= 0.3 is 7.12 Å². The third-order valence-electron chi connectivity index (χ3n) is 6.17. The number of benzene rings is 1. The lowest BCUT2D eigenvalue weighted by Crippen LogP contribution is -2.61. The molecular weight excluding hydrogens is 527 g/mol. The molecule has 220 valence electrons. The highest BCUT2D eigenvalue weighted by molar-refractivity contribution is 6.50. The van der Waals surface area contributed by atoms with E-state index in [4.69, 9.17) is 9.31 Å². The number of pyridine rings is 1. The summed E-state index contributed by atoms with van der Waals surface area (Å²) in [6.45, 7) is 10.6. The highest BCUT2D eigenvalue weighted by Gasteiger charge is 2.45. The molecule has 0 aliphatic carbocycles. The lowest BCUT2D eigenvalue weighted by atomic mass is 9.72. The zero-order valence-corrected chi connectivity index (χ0v) is 24.3. The van der Waals surface area contributed by atoms with Crippen LogP contribution in [0.25, 0.3) is 11.3 Å². The predicted molar refractivity (Wildman–Crippen MR) is 153 cm³/mol. The number of aromatic nitrogens is 1. The van der Waals surface area contributed by atoms with Crippen LogP contribution in [0.5, 0.6) is 0 Å². The summed E-state index contributed by atoms with van der Waals surface area (Å²) in [4.78, 5) is 56.0. The minimum Gasteiger partial charge on any atom is -0.508 e. The van der Waals surface area contributed by atoms with Gasteiger partial charge in [-0.25, -0.2) is 4.98 Å². The monoisotopic (exact) mass is 566 g/mol. The molecule has 1 fully saturated rings. The Kier molecular flexibility index (Phi) is 10.6. The lowest BCUT2D eigenvalue weighted by molar-refractivity contribution is -0.149. The largest absolute Gasteiger partial charge is 0.551 e. The predicted octanol–water partition coefficient (Wildman–Crippen LogP) is 2.03. The zero-order chi connectivity index (χ0) is 30.3. The maximum atomic E-state index is 13.4. The molecule has 0 saturated carbocycles. The van der Waals surface area contributed by atoms with Crippen molar-refractivity contribution >= 4 is 30.8 Å². The number of hydrogen-bond donors (Lipinski definition) is 4. The minimum atomic E-state index is -1.35. The Hall–Kier alpha value is -3.77. The Labute approximate surface area is 240 Å². The standard InChI is InChI=1S/C29H39BN4O7/c1-17(2)15-23(30-40-22(16-24(36)41-30)27(38)34-29(4,5)6)32-28(39)25(18(3)35)33-26(37)21-14-10-13-20(31-21)19-11-8-7-9-12-19/h7-14,17-18,22-23,25,35H,15-16H2,1-6H3,(H,32,39)(H,33,37)(H,34,38)/t18-,22?,23+,25+/m1/s1. The van der Waals surface area contributed by atoms with Crippen LogP contribution in [-0.4, -0.2) is 70.6 Å². The maximum absolute atomic E-state index is 13.4. The van der Waals surface area contributed by atoms with E-state index in [1.807, 2.05) is 65.0 Å². The first kappa shape index (κ1) is 31.8. The number of amides is 3. The van der Waals surface area contributed by atoms with E-state index >= 15 is 0 Å². The Morgan fingerprint density at radius 2 is 1.73 bits per heavy atom. The van der Waals surface area contributed by atoms with Gasteiger partial charge in [-0.3, -0.25) is 19.2 Å². The second-order valence-corrected chi connectivity index (χ2v) is 11.6. The summed E-state index contributed by atoms with van der Waals surface area (Å²) in [5, 5.41) is 18.5. The summed E-state index contributed by atoms with van der Waals surface area (Å²) in [6.07, 6.45) is -2.29. The summed E-state index contributed by atoms with van der Waals surface area (Å²) in [5.41, 5.74) is 0.927. The van der Waals surface area contributed by atoms with Crippen LogP contribution in [0.15, 0.2) is 48.5 Å². The highest BCUT2D eigenvalue weighted by Crippen LogP contribution is 2.20. The van der Waals surface area contributed by atoms with Gasteiger partial charge in [-0.15, -0.1) is 0 Å². The van der Waals surface area contributed by atoms with Gasteiger partial charge in [-0.05, 0) is 52.2 Å². The van der Waals surface area contributed by atoms with Crippen molar-refractivity contribution < 1.29 is 33.6 Å². The number of nitrogens with zero attached hydrogens (tertiary/aromatic N) is 1. The fraction of sp³-hybridized carbons (Fsp3) is 0.483. The van der Waals surface area contributed by atoms with E-state index in [0.29, 0.717) is 12.1 Å². The van der Waals surface area contributed by atoms with Crippen molar-refractivity contribution in [1.29, 1.82) is 0 Å². The first-order valence-corrected chi connectivity index (χ1v) is 13.7. The minimum absolute atomic E-state index is 0.0379. The van der Waals surface area contributed by atoms with E-state index in [1.165, 1.54) is 13.0 Å². The van der Waals surface area contributed by atoms with E-state index in [1.54, 1.807) is 12.1 Å². The van der Waals surface area contributed by atoms with Gasteiger partial charge in [-0.1, -0.05) is 50.2 Å². The van der Waals surface area contributed by atoms with Crippen LogP contribution in [0.1, 0.15) is 64.9 Å². The van der Waals surface area contributed by atoms with Crippen molar-refractivity contribution in [2.45, 2.75) is 84.1 Å². The summed E-state index contributed by atoms with van der Waals surface area (Å²) in [7, 11) is -1.24. The van der Waals surface area contributed by atoms with Gasteiger partial charge in [0.1, 0.15) is 17.8 Å². The van der Waals surface area contributed by atoms with E-state index < -0.39 is 60.5 Å². The molecule has 4 N–H and O–H groups in total. The van der Waals surface area contributed by atoms with Crippen LogP contribution in [-0.2, 0) is 23.7 Å². The summed E-state index contributed by atoms with van der Waals surface area (Å²) < 4.78 is 11.2. The van der Waals surface area contributed by atoms with Crippen LogP contribution in [0.3, 0.4) is 0 Å². The molecule has 2 aromatic rings. The normalized spacial score (nSPS) is 17.7. The smallest absolute Gasteiger partial charge is 0.508 e. The van der Waals surface area contributed by atoms with Crippen LogP contribution >= 0.6 is 0 Å². The quantitative estimate of drug-likeness (QED) is 0.319. The maximum Gasteiger partial charge on any atom is 0.551 e. The van der Waals surface area contributed by atoms with Gasteiger partial charge in [0, 0.05) is 11.1 Å². The second-order valence-electron chi connectivity index (χ2n) is 11.6. The van der Waals surface area contributed by atoms with Crippen LogP contribution in [0, 0.1) is 5.92 Å². The van der Waals surface area contributed by atoms with Gasteiger partial charge < -0.3 is 30.4 Å². The van der Waals surface area contributed by atoms with E-state index in [-0.39, 0.29) is 18.0 Å². The Morgan fingerprint density at radius 1 is 1.05 bits per heavy atom. The number of aliphatic hydroxyl groups excluding tert-OH is 1. The first-order chi connectivity index (χ1) is 19.2. The Morgan fingerprint density at radius 3 is 2.34 bits per heavy atom. The fourth-order valence-electron chi connectivity index (χ4n) is 4.32. The Balaban J connectivity index is 1.75. The molecule has 1 saturated heterocycles. The number of hydrogen-bond acceptors (Lipinski definition) is 8. The van der Waals surface area contributed by atoms with Gasteiger partial charge in [-0.2, -0.15) is 0 Å². The molecule has 1 aromatic heterocycles. The molecule has 2 heterocycles. The average molecular weight is 566 g/mol. The summed E-state index contributed by atoms with van der Waals surface area (Å²) in [6, 6.07) is 12.9. The molecule has 11 nitrogen and oxygen atoms in total. The zero-order valence-electron chi connectivity index (χ0n) is 24.3. The lowest BCUT2D eigenvalue weighted by Gasteiger charge is -2.34. The molecule has 3 amide bonds. The molecule has 4 atom stereocenters. The van der Waals surface area contributed by atoms with Gasteiger partial charge in [0.15, 0.2) is 0 Å². The van der Waals surface area contributed by atoms with Crippen molar-refractivity contribution in [2.75, 3.05) is 0 Å². The molecule has 1 aromatic carbocycles. The van der Waals surface area contributed by atoms with E-state index in [9.17, 15) is 24.3 Å². The fourth-order valence-corrected chi connectivity index (χ4v) is 4.32. The van der Waals surface area contributed by atoms with Gasteiger partial charge in [0.05, 0.1) is 24.2 Å². The highest BCUT2D eigenvalue weighted by atomic mass is 16.6. The van der Waals surface area contributed by atoms with Crippen molar-refractivity contribution in [2.24, 2.45) is 5.92 Å². The van der Waals surface area contributed by atoms with Crippen molar-refractivity contribution in [1.82, 2.24) is 20.9 Å². The first-order valence-electron chi connectivity index (χ1n) is 13.7. The van der Waals surface area contributed by atoms with Crippen LogP contribution in [0.4, 0.5) is 0 Å². The molecule has 1 aliphatic heterocycles. The number of carbonyl (C=O) groups is 4. The molecule has 0 bridgehead atoms. The Bertz CT molecular complexity index is 1230. The van der Waals surface area contributed by atoms with Crippen molar-refractivity contribution in [3.63, 3.8) is 0 Å². The van der Waals surface area contributed by atoms with Crippen LogP contribution in [0.2, 0.25) is 0 Å². The third kappa shape index (κ3) is 9.39.